The molecule has 0 N–H and O–H groups in total. The molecule has 2 fully saturated rings. The summed E-state index contributed by atoms with van der Waals surface area (Å²) in [6, 6.07) is 5.80. The summed E-state index contributed by atoms with van der Waals surface area (Å²) in [6.07, 6.45) is 5.84. The van der Waals surface area contributed by atoms with Crippen LogP contribution in [-0.2, 0) is 11.3 Å². The first kappa shape index (κ1) is 15.5. The third kappa shape index (κ3) is 2.76. The number of carbonyl (C=O) groups excluding carboxylic acids is 1. The van der Waals surface area contributed by atoms with E-state index >= 15 is 0 Å². The SMILES string of the molecule is CO[C@@H]1CCN(C(=O)c2ccoc2)[C@@H]2CN(Cc3ccco3)C[C@@H]21. The third-order valence-corrected chi connectivity index (χ3v) is 5.23. The van der Waals surface area contributed by atoms with Crippen molar-refractivity contribution in [1.29, 1.82) is 0 Å². The van der Waals surface area contributed by atoms with Gasteiger partial charge in [-0.3, -0.25) is 9.69 Å². The molecule has 4 heterocycles. The second-order valence-corrected chi connectivity index (χ2v) is 6.58. The van der Waals surface area contributed by atoms with Gasteiger partial charge in [0.25, 0.3) is 5.91 Å². The van der Waals surface area contributed by atoms with Gasteiger partial charge in [0.1, 0.15) is 12.0 Å². The molecule has 0 saturated carbocycles. The summed E-state index contributed by atoms with van der Waals surface area (Å²) in [6.45, 7) is 3.25. The number of hydrogen-bond acceptors (Lipinski definition) is 5. The standard InChI is InChI=1S/C18H22N2O4/c1-22-17-4-6-20(18(21)13-5-8-23-12-13)16-11-19(10-15(16)17)9-14-3-2-7-24-14/h2-3,5,7-8,12,15-17H,4,6,9-11H2,1H3/t15-,16+,17+/m0/s1. The molecular weight excluding hydrogens is 308 g/mol. The molecule has 24 heavy (non-hydrogen) atoms. The maximum Gasteiger partial charge on any atom is 0.257 e. The van der Waals surface area contributed by atoms with Crippen LogP contribution in [0.2, 0.25) is 0 Å². The van der Waals surface area contributed by atoms with E-state index in [1.165, 1.54) is 6.26 Å². The van der Waals surface area contributed by atoms with Crippen LogP contribution in [0.25, 0.3) is 0 Å². The first-order valence-electron chi connectivity index (χ1n) is 8.37. The van der Waals surface area contributed by atoms with Gasteiger partial charge in [0.2, 0.25) is 0 Å². The molecule has 0 bridgehead atoms. The van der Waals surface area contributed by atoms with E-state index in [1.807, 2.05) is 17.0 Å². The maximum atomic E-state index is 12.8. The topological polar surface area (TPSA) is 59.1 Å². The lowest BCUT2D eigenvalue weighted by Gasteiger charge is -2.41. The monoisotopic (exact) mass is 330 g/mol. The number of piperidine rings is 1. The smallest absolute Gasteiger partial charge is 0.257 e. The van der Waals surface area contributed by atoms with Crippen molar-refractivity contribution in [2.45, 2.75) is 25.1 Å². The van der Waals surface area contributed by atoms with Crippen LogP contribution in [-0.4, -0.2) is 54.6 Å². The molecule has 3 atom stereocenters. The molecule has 6 nitrogen and oxygen atoms in total. The molecule has 2 aromatic rings. The Hall–Kier alpha value is -2.05. The molecule has 0 unspecified atom stereocenters. The largest absolute Gasteiger partial charge is 0.472 e. The highest BCUT2D eigenvalue weighted by Gasteiger charge is 2.46. The fourth-order valence-corrected chi connectivity index (χ4v) is 4.08. The van der Waals surface area contributed by atoms with E-state index in [1.54, 1.807) is 25.7 Å². The Bertz CT molecular complexity index is 667. The van der Waals surface area contributed by atoms with E-state index in [4.69, 9.17) is 13.6 Å². The van der Waals surface area contributed by atoms with E-state index < -0.39 is 0 Å². The summed E-state index contributed by atoms with van der Waals surface area (Å²) in [5.41, 5.74) is 0.620. The van der Waals surface area contributed by atoms with Crippen molar-refractivity contribution in [2.24, 2.45) is 5.92 Å². The van der Waals surface area contributed by atoms with Gasteiger partial charge in [-0.05, 0) is 24.6 Å². The van der Waals surface area contributed by atoms with Crippen LogP contribution in [0, 0.1) is 5.92 Å². The van der Waals surface area contributed by atoms with Gasteiger partial charge in [-0.2, -0.15) is 0 Å². The van der Waals surface area contributed by atoms with Crippen LogP contribution >= 0.6 is 0 Å². The van der Waals surface area contributed by atoms with Crippen LogP contribution in [0.1, 0.15) is 22.5 Å². The zero-order valence-electron chi connectivity index (χ0n) is 13.8. The number of methoxy groups -OCH3 is 1. The number of nitrogens with zero attached hydrogens (tertiary/aromatic N) is 2. The minimum absolute atomic E-state index is 0.0492. The van der Waals surface area contributed by atoms with Crippen molar-refractivity contribution in [3.05, 3.63) is 48.3 Å². The van der Waals surface area contributed by atoms with Gasteiger partial charge >= 0.3 is 0 Å². The Balaban J connectivity index is 1.52. The summed E-state index contributed by atoms with van der Waals surface area (Å²) in [4.78, 5) is 17.2. The van der Waals surface area contributed by atoms with Gasteiger partial charge in [0.15, 0.2) is 0 Å². The highest BCUT2D eigenvalue weighted by Crippen LogP contribution is 2.34. The normalized spacial score (nSPS) is 27.4. The molecule has 1 amide bonds. The summed E-state index contributed by atoms with van der Waals surface area (Å²) >= 11 is 0. The first-order valence-corrected chi connectivity index (χ1v) is 8.37. The molecule has 0 aliphatic carbocycles. The summed E-state index contributed by atoms with van der Waals surface area (Å²) in [5, 5.41) is 0. The lowest BCUT2D eigenvalue weighted by atomic mass is 9.88. The van der Waals surface area contributed by atoms with Gasteiger partial charge in [0, 0.05) is 32.7 Å². The molecule has 6 heteroatoms. The minimum atomic E-state index is 0.0492. The van der Waals surface area contributed by atoms with E-state index in [-0.39, 0.29) is 18.1 Å². The Morgan fingerprint density at radius 3 is 2.96 bits per heavy atom. The van der Waals surface area contributed by atoms with Gasteiger partial charge < -0.3 is 18.5 Å². The van der Waals surface area contributed by atoms with E-state index in [0.717, 1.165) is 38.4 Å². The molecule has 0 aromatic carbocycles. The van der Waals surface area contributed by atoms with Crippen LogP contribution < -0.4 is 0 Å². The average Bonchev–Trinajstić information content (AvgIpc) is 3.34. The lowest BCUT2D eigenvalue weighted by molar-refractivity contribution is -0.0157. The predicted octanol–water partition coefficient (Wildman–Crippen LogP) is 2.23. The zero-order chi connectivity index (χ0) is 16.5. The number of fused-ring (bicyclic) bond motifs is 1. The average molecular weight is 330 g/mol. The molecule has 0 radical (unpaired) electrons. The van der Waals surface area contributed by atoms with Gasteiger partial charge in [-0.25, -0.2) is 0 Å². The molecular formula is C18H22N2O4. The number of furan rings is 2. The highest BCUT2D eigenvalue weighted by molar-refractivity contribution is 5.94. The fraction of sp³-hybridized carbons (Fsp3) is 0.500. The number of rotatable bonds is 4. The van der Waals surface area contributed by atoms with Crippen molar-refractivity contribution in [3.8, 4) is 0 Å². The van der Waals surface area contributed by atoms with Crippen molar-refractivity contribution in [3.63, 3.8) is 0 Å². The summed E-state index contributed by atoms with van der Waals surface area (Å²) in [5.74, 6) is 1.33. The van der Waals surface area contributed by atoms with Gasteiger partial charge in [0.05, 0.1) is 36.8 Å². The van der Waals surface area contributed by atoms with Crippen LogP contribution in [0.3, 0.4) is 0 Å². The number of ether oxygens (including phenoxy) is 1. The molecule has 2 saturated heterocycles. The van der Waals surface area contributed by atoms with Crippen LogP contribution in [0.15, 0.2) is 45.8 Å². The fourth-order valence-electron chi connectivity index (χ4n) is 4.08. The molecule has 128 valence electrons. The van der Waals surface area contributed by atoms with Crippen molar-refractivity contribution in [2.75, 3.05) is 26.7 Å². The van der Waals surface area contributed by atoms with Gasteiger partial charge in [-0.1, -0.05) is 0 Å². The third-order valence-electron chi connectivity index (χ3n) is 5.23. The van der Waals surface area contributed by atoms with Crippen LogP contribution in [0.4, 0.5) is 0 Å². The minimum Gasteiger partial charge on any atom is -0.472 e. The molecule has 2 aromatic heterocycles. The Kier molecular flexibility index (Phi) is 4.16. The zero-order valence-corrected chi connectivity index (χ0v) is 13.8. The van der Waals surface area contributed by atoms with E-state index in [0.29, 0.717) is 11.5 Å². The van der Waals surface area contributed by atoms with Crippen molar-refractivity contribution < 1.29 is 18.4 Å². The lowest BCUT2D eigenvalue weighted by Crippen LogP contribution is -2.53. The van der Waals surface area contributed by atoms with Crippen LogP contribution in [0.5, 0.6) is 0 Å². The number of amides is 1. The Morgan fingerprint density at radius 1 is 1.33 bits per heavy atom. The molecule has 2 aliphatic rings. The second kappa shape index (κ2) is 6.45. The van der Waals surface area contributed by atoms with Crippen molar-refractivity contribution in [1.82, 2.24) is 9.80 Å². The summed E-state index contributed by atoms with van der Waals surface area (Å²) in [7, 11) is 1.77. The number of carbonyl (C=O) groups is 1. The van der Waals surface area contributed by atoms with E-state index in [9.17, 15) is 4.79 Å². The molecule has 2 aliphatic heterocycles. The predicted molar refractivity (Wildman–Crippen MR) is 86.4 cm³/mol. The molecule has 4 rings (SSSR count). The molecule has 0 spiro atoms. The Morgan fingerprint density at radius 2 is 2.25 bits per heavy atom. The Labute approximate surface area is 141 Å². The van der Waals surface area contributed by atoms with E-state index in [2.05, 4.69) is 4.90 Å². The van der Waals surface area contributed by atoms with Crippen molar-refractivity contribution >= 4 is 5.91 Å². The quantitative estimate of drug-likeness (QED) is 0.860. The van der Waals surface area contributed by atoms with Gasteiger partial charge in [-0.15, -0.1) is 0 Å². The second-order valence-electron chi connectivity index (χ2n) is 6.58. The summed E-state index contributed by atoms with van der Waals surface area (Å²) < 4.78 is 16.2. The maximum absolute atomic E-state index is 12.8. The highest BCUT2D eigenvalue weighted by atomic mass is 16.5. The number of hydrogen-bond donors (Lipinski definition) is 0. The first-order chi connectivity index (χ1) is 11.8. The number of likely N-dealkylation sites (tertiary alicyclic amines) is 2.